The fourth-order valence-electron chi connectivity index (χ4n) is 0.329. The van der Waals surface area contributed by atoms with Crippen molar-refractivity contribution >= 4 is 5.78 Å². The third-order valence-electron chi connectivity index (χ3n) is 0.756. The first-order valence-corrected chi connectivity index (χ1v) is 2.93. The van der Waals surface area contributed by atoms with Gasteiger partial charge in [0.15, 0.2) is 5.78 Å². The van der Waals surface area contributed by atoms with Crippen molar-refractivity contribution < 1.29 is 9.28 Å². The molecule has 0 aliphatic rings. The summed E-state index contributed by atoms with van der Waals surface area (Å²) in [5, 5.41) is 0. The summed E-state index contributed by atoms with van der Waals surface area (Å²) in [5.41, 5.74) is 0. The summed E-state index contributed by atoms with van der Waals surface area (Å²) in [4.78, 5) is 10.4. The maximum Gasteiger partial charge on any atom is 0.157 e. The van der Waals surface area contributed by atoms with E-state index in [9.17, 15) is 4.79 Å². The molecule has 2 heteroatoms. The van der Waals surface area contributed by atoms with E-state index >= 15 is 0 Å². The highest BCUT2D eigenvalue weighted by atomic mass is 16.1. The van der Waals surface area contributed by atoms with Crippen LogP contribution in [-0.2, 0) is 4.79 Å². The van der Waals surface area contributed by atoms with Crippen LogP contribution in [0.25, 0.3) is 0 Å². The van der Waals surface area contributed by atoms with E-state index < -0.39 is 0 Å². The van der Waals surface area contributed by atoms with Crippen molar-refractivity contribution in [3.05, 3.63) is 12.3 Å². The van der Waals surface area contributed by atoms with Gasteiger partial charge in [0.2, 0.25) is 0 Å². The number of rotatable bonds is 2. The van der Waals surface area contributed by atoms with Gasteiger partial charge < -0.3 is 4.48 Å². The van der Waals surface area contributed by atoms with Crippen LogP contribution in [0.4, 0.5) is 0 Å². The molecule has 0 N–H and O–H groups in total. The van der Waals surface area contributed by atoms with Crippen LogP contribution in [0.15, 0.2) is 12.3 Å². The Morgan fingerprint density at radius 3 is 1.89 bits per heavy atom. The Morgan fingerprint density at radius 2 is 1.78 bits per heavy atom. The molecule has 9 heavy (non-hydrogen) atoms. The maximum absolute atomic E-state index is 10.4. The normalized spacial score (nSPS) is 12.4. The van der Waals surface area contributed by atoms with Gasteiger partial charge in [0.25, 0.3) is 0 Å². The van der Waals surface area contributed by atoms with Crippen molar-refractivity contribution in [3.8, 4) is 0 Å². The first-order chi connectivity index (χ1) is 3.92. The molecule has 0 spiro atoms. The lowest BCUT2D eigenvalue weighted by Crippen LogP contribution is -2.26. The Morgan fingerprint density at radius 1 is 1.33 bits per heavy atom. The van der Waals surface area contributed by atoms with E-state index in [1.807, 2.05) is 27.3 Å². The van der Waals surface area contributed by atoms with Gasteiger partial charge in [0.1, 0.15) is 0 Å². The highest BCUT2D eigenvalue weighted by Gasteiger charge is 1.99. The molecule has 0 saturated carbocycles. The molecule has 0 aromatic rings. The summed E-state index contributed by atoms with van der Waals surface area (Å²) in [7, 11) is 6.00. The molecule has 2 nitrogen and oxygen atoms in total. The molecule has 0 unspecified atom stereocenters. The molecule has 0 rings (SSSR count). The Labute approximate surface area is 56.4 Å². The maximum atomic E-state index is 10.4. The average molecular weight is 128 g/mol. The van der Waals surface area contributed by atoms with Crippen LogP contribution in [0.3, 0.4) is 0 Å². The van der Waals surface area contributed by atoms with Crippen molar-refractivity contribution in [1.82, 2.24) is 0 Å². The molecule has 0 aliphatic heterocycles. The molecule has 0 amide bonds. The molecule has 0 saturated heterocycles. The van der Waals surface area contributed by atoms with E-state index in [0.717, 1.165) is 0 Å². The lowest BCUT2D eigenvalue weighted by atomic mass is 10.4. The molecule has 0 aromatic heterocycles. The summed E-state index contributed by atoms with van der Waals surface area (Å²) >= 11 is 0. The van der Waals surface area contributed by atoms with Crippen LogP contribution in [-0.4, -0.2) is 31.4 Å². The Hall–Kier alpha value is -0.630. The second-order valence-corrected chi connectivity index (χ2v) is 3.04. The minimum absolute atomic E-state index is 0.100. The smallest absolute Gasteiger partial charge is 0.157 e. The van der Waals surface area contributed by atoms with Crippen LogP contribution in [0.1, 0.15) is 6.92 Å². The molecule has 52 valence electrons. The zero-order valence-electron chi connectivity index (χ0n) is 6.51. The van der Waals surface area contributed by atoms with Crippen molar-refractivity contribution in [1.29, 1.82) is 0 Å². The summed E-state index contributed by atoms with van der Waals surface area (Å²) in [6.07, 6.45) is 3.43. The standard InChI is InChI=1S/C7H14NO/c1-7(9)5-6-8(2,3)4/h5-6H,1-4H3/q+1/b6-5+. The lowest BCUT2D eigenvalue weighted by molar-refractivity contribution is -0.817. The minimum atomic E-state index is 0.100. The number of nitrogens with zero attached hydrogens (tertiary/aromatic N) is 1. The van der Waals surface area contributed by atoms with E-state index in [1.165, 1.54) is 0 Å². The number of ketones is 1. The summed E-state index contributed by atoms with van der Waals surface area (Å²) in [6.45, 7) is 1.55. The highest BCUT2D eigenvalue weighted by Crippen LogP contribution is 1.90. The molecule has 0 heterocycles. The lowest BCUT2D eigenvalue weighted by Gasteiger charge is -2.16. The first kappa shape index (κ1) is 8.37. The Balaban J connectivity index is 3.86. The second-order valence-electron chi connectivity index (χ2n) is 3.04. The summed E-state index contributed by atoms with van der Waals surface area (Å²) in [5.74, 6) is 0.100. The fraction of sp³-hybridized carbons (Fsp3) is 0.571. The molecule has 0 fully saturated rings. The van der Waals surface area contributed by atoms with Gasteiger partial charge in [-0.3, -0.25) is 4.79 Å². The van der Waals surface area contributed by atoms with Crippen LogP contribution in [0.2, 0.25) is 0 Å². The van der Waals surface area contributed by atoms with Crippen molar-refractivity contribution in [3.63, 3.8) is 0 Å². The van der Waals surface area contributed by atoms with Gasteiger partial charge in [0.05, 0.1) is 27.3 Å². The number of quaternary nitrogens is 1. The number of allylic oxidation sites excluding steroid dienone is 1. The number of carbonyl (C=O) groups excluding carboxylic acids is 1. The highest BCUT2D eigenvalue weighted by molar-refractivity contribution is 5.86. The predicted octanol–water partition coefficient (Wildman–Crippen LogP) is 0.795. The van der Waals surface area contributed by atoms with Crippen molar-refractivity contribution in [2.24, 2.45) is 0 Å². The minimum Gasteiger partial charge on any atom is -0.304 e. The zero-order chi connectivity index (χ0) is 7.49. The van der Waals surface area contributed by atoms with E-state index in [-0.39, 0.29) is 5.78 Å². The SMILES string of the molecule is CC(=O)/C=C/[N+](C)(C)C. The monoisotopic (exact) mass is 128 g/mol. The van der Waals surface area contributed by atoms with Gasteiger partial charge >= 0.3 is 0 Å². The van der Waals surface area contributed by atoms with Crippen LogP contribution < -0.4 is 0 Å². The fourth-order valence-corrected chi connectivity index (χ4v) is 0.329. The van der Waals surface area contributed by atoms with E-state index in [1.54, 1.807) is 13.0 Å². The molecule has 0 radical (unpaired) electrons. The molecule has 0 aromatic carbocycles. The van der Waals surface area contributed by atoms with Gasteiger partial charge in [-0.2, -0.15) is 0 Å². The quantitative estimate of drug-likeness (QED) is 0.397. The van der Waals surface area contributed by atoms with E-state index in [4.69, 9.17) is 0 Å². The van der Waals surface area contributed by atoms with Gasteiger partial charge in [-0.05, 0) is 6.92 Å². The van der Waals surface area contributed by atoms with Gasteiger partial charge in [-0.25, -0.2) is 0 Å². The van der Waals surface area contributed by atoms with Crippen molar-refractivity contribution in [2.75, 3.05) is 21.1 Å². The predicted molar refractivity (Wildman–Crippen MR) is 37.9 cm³/mol. The number of hydrogen-bond acceptors (Lipinski definition) is 1. The Kier molecular flexibility index (Phi) is 2.59. The summed E-state index contributed by atoms with van der Waals surface area (Å²) < 4.78 is 0.694. The van der Waals surface area contributed by atoms with Crippen molar-refractivity contribution in [2.45, 2.75) is 6.92 Å². The third kappa shape index (κ3) is 7.37. The molecule has 0 aliphatic carbocycles. The largest absolute Gasteiger partial charge is 0.304 e. The molecular weight excluding hydrogens is 114 g/mol. The van der Waals surface area contributed by atoms with Gasteiger partial charge in [-0.1, -0.05) is 0 Å². The van der Waals surface area contributed by atoms with Crippen LogP contribution >= 0.6 is 0 Å². The Bertz CT molecular complexity index is 130. The molecular formula is C7H14NO+. The number of hydrogen-bond donors (Lipinski definition) is 0. The van der Waals surface area contributed by atoms with Gasteiger partial charge in [-0.15, -0.1) is 0 Å². The second kappa shape index (κ2) is 2.78. The molecule has 0 atom stereocenters. The third-order valence-corrected chi connectivity index (χ3v) is 0.756. The number of carbonyl (C=O) groups is 1. The van der Waals surface area contributed by atoms with Gasteiger partial charge in [0, 0.05) is 6.08 Å². The van der Waals surface area contributed by atoms with E-state index in [2.05, 4.69) is 0 Å². The summed E-state index contributed by atoms with van der Waals surface area (Å²) in [6, 6.07) is 0. The van der Waals surface area contributed by atoms with Crippen LogP contribution in [0.5, 0.6) is 0 Å². The first-order valence-electron chi connectivity index (χ1n) is 2.93. The van der Waals surface area contributed by atoms with E-state index in [0.29, 0.717) is 4.48 Å². The average Bonchev–Trinajstić information content (AvgIpc) is 1.59. The zero-order valence-corrected chi connectivity index (χ0v) is 6.51. The topological polar surface area (TPSA) is 17.1 Å². The van der Waals surface area contributed by atoms with Crippen LogP contribution in [0, 0.1) is 0 Å². The molecule has 0 bridgehead atoms.